The van der Waals surface area contributed by atoms with Crippen LogP contribution in [0.15, 0.2) is 90.3 Å². The first-order chi connectivity index (χ1) is 16.1. The molecule has 1 heterocycles. The number of rotatable bonds is 8. The van der Waals surface area contributed by atoms with Crippen LogP contribution in [0.1, 0.15) is 32.7 Å². The Kier molecular flexibility index (Phi) is 7.12. The summed E-state index contributed by atoms with van der Waals surface area (Å²) in [4.78, 5) is 30.3. The molecule has 0 aliphatic rings. The van der Waals surface area contributed by atoms with E-state index in [4.69, 9.17) is 4.74 Å². The molecule has 2 N–H and O–H groups in total. The smallest absolute Gasteiger partial charge is 0.252 e. The lowest BCUT2D eigenvalue weighted by atomic mass is 10.0. The molecule has 0 spiro atoms. The number of aromatic nitrogens is 1. The first kappa shape index (κ1) is 22.2. The monoisotopic (exact) mass is 457 g/mol. The highest BCUT2D eigenvalue weighted by Gasteiger charge is 2.23. The predicted octanol–water partition coefficient (Wildman–Crippen LogP) is 5.14. The van der Waals surface area contributed by atoms with Gasteiger partial charge < -0.3 is 15.4 Å². The largest absolute Gasteiger partial charge is 0.487 e. The highest BCUT2D eigenvalue weighted by atomic mass is 32.1. The fourth-order valence-electron chi connectivity index (χ4n) is 3.23. The predicted molar refractivity (Wildman–Crippen MR) is 129 cm³/mol. The zero-order valence-electron chi connectivity index (χ0n) is 18.0. The Bertz CT molecular complexity index is 1210. The molecule has 0 saturated heterocycles. The van der Waals surface area contributed by atoms with Gasteiger partial charge in [0.25, 0.3) is 11.8 Å². The van der Waals surface area contributed by atoms with E-state index in [1.54, 1.807) is 47.7 Å². The molecule has 0 bridgehead atoms. The normalized spacial score (nSPS) is 11.4. The summed E-state index contributed by atoms with van der Waals surface area (Å²) in [5.41, 5.74) is 2.65. The van der Waals surface area contributed by atoms with E-state index in [9.17, 15) is 9.59 Å². The van der Waals surface area contributed by atoms with Crippen LogP contribution in [0.5, 0.6) is 5.75 Å². The Balaban J connectivity index is 1.44. The molecule has 33 heavy (non-hydrogen) atoms. The Hall–Kier alpha value is -3.97. The molecule has 166 valence electrons. The molecule has 0 aliphatic heterocycles. The molecule has 2 amide bonds. The minimum atomic E-state index is -0.845. The van der Waals surface area contributed by atoms with Crippen LogP contribution < -0.4 is 15.4 Å². The molecule has 0 aliphatic carbocycles. The molecule has 0 radical (unpaired) electrons. The second kappa shape index (κ2) is 10.6. The van der Waals surface area contributed by atoms with Gasteiger partial charge in [0.15, 0.2) is 0 Å². The molecule has 4 aromatic rings. The van der Waals surface area contributed by atoms with Crippen LogP contribution in [0.25, 0.3) is 0 Å². The number of carbonyl (C=O) groups excluding carboxylic acids is 2. The second-order valence-electron chi connectivity index (χ2n) is 7.34. The minimum absolute atomic E-state index is 0.320. The van der Waals surface area contributed by atoms with Crippen molar-refractivity contribution in [3.05, 3.63) is 112 Å². The van der Waals surface area contributed by atoms with Crippen LogP contribution in [-0.4, -0.2) is 16.8 Å². The number of para-hydroxylation sites is 1. The van der Waals surface area contributed by atoms with Crippen molar-refractivity contribution in [3.8, 4) is 5.75 Å². The summed E-state index contributed by atoms with van der Waals surface area (Å²) < 4.78 is 5.74. The SMILES string of the molecule is Cc1nc(COc2ccc(C(=O)NC(C(=O)Nc3ccccc3)c3ccccc3)cc2)cs1. The first-order valence-corrected chi connectivity index (χ1v) is 11.3. The van der Waals surface area contributed by atoms with E-state index in [0.29, 0.717) is 29.2 Å². The fourth-order valence-corrected chi connectivity index (χ4v) is 3.83. The summed E-state index contributed by atoms with van der Waals surface area (Å²) in [6.45, 7) is 2.32. The molecule has 4 rings (SSSR count). The molecule has 1 aromatic heterocycles. The van der Waals surface area contributed by atoms with Crippen molar-refractivity contribution in [1.29, 1.82) is 0 Å². The van der Waals surface area contributed by atoms with Gasteiger partial charge in [-0.25, -0.2) is 4.98 Å². The van der Waals surface area contributed by atoms with Gasteiger partial charge in [-0.2, -0.15) is 0 Å². The fraction of sp³-hybridized carbons (Fsp3) is 0.115. The van der Waals surface area contributed by atoms with Crippen LogP contribution >= 0.6 is 11.3 Å². The molecule has 0 saturated carbocycles. The van der Waals surface area contributed by atoms with Gasteiger partial charge in [0.1, 0.15) is 18.4 Å². The van der Waals surface area contributed by atoms with Crippen LogP contribution in [0.2, 0.25) is 0 Å². The van der Waals surface area contributed by atoms with E-state index in [2.05, 4.69) is 15.6 Å². The summed E-state index contributed by atoms with van der Waals surface area (Å²) in [7, 11) is 0. The number of hydrogen-bond donors (Lipinski definition) is 2. The van der Waals surface area contributed by atoms with Crippen molar-refractivity contribution in [3.63, 3.8) is 0 Å². The maximum atomic E-state index is 13.0. The van der Waals surface area contributed by atoms with Crippen molar-refractivity contribution in [2.24, 2.45) is 0 Å². The van der Waals surface area contributed by atoms with Crippen molar-refractivity contribution in [1.82, 2.24) is 10.3 Å². The van der Waals surface area contributed by atoms with Gasteiger partial charge in [-0.3, -0.25) is 9.59 Å². The molecule has 1 unspecified atom stereocenters. The number of nitrogens with zero attached hydrogens (tertiary/aromatic N) is 1. The van der Waals surface area contributed by atoms with E-state index >= 15 is 0 Å². The number of hydrogen-bond acceptors (Lipinski definition) is 5. The zero-order chi connectivity index (χ0) is 23.0. The Labute approximate surface area is 196 Å². The highest BCUT2D eigenvalue weighted by Crippen LogP contribution is 2.19. The van der Waals surface area contributed by atoms with Crippen LogP contribution in [0.3, 0.4) is 0 Å². The number of thiazole rings is 1. The topological polar surface area (TPSA) is 80.3 Å². The summed E-state index contributed by atoms with van der Waals surface area (Å²) in [6, 6.07) is 24.3. The lowest BCUT2D eigenvalue weighted by Crippen LogP contribution is -2.37. The number of benzene rings is 3. The van der Waals surface area contributed by atoms with Crippen molar-refractivity contribution < 1.29 is 14.3 Å². The number of ether oxygens (including phenoxy) is 1. The van der Waals surface area contributed by atoms with Gasteiger partial charge in [0.2, 0.25) is 0 Å². The number of aryl methyl sites for hydroxylation is 1. The third-order valence-corrected chi connectivity index (χ3v) is 5.70. The van der Waals surface area contributed by atoms with E-state index in [1.807, 2.05) is 60.8 Å². The molecule has 3 aromatic carbocycles. The molecular weight excluding hydrogens is 434 g/mol. The summed E-state index contributed by atoms with van der Waals surface area (Å²) in [6.07, 6.45) is 0. The maximum Gasteiger partial charge on any atom is 0.252 e. The van der Waals surface area contributed by atoms with E-state index in [-0.39, 0.29) is 11.8 Å². The average molecular weight is 458 g/mol. The summed E-state index contributed by atoms with van der Waals surface area (Å²) in [5, 5.41) is 8.66. The minimum Gasteiger partial charge on any atom is -0.487 e. The van der Waals surface area contributed by atoms with Gasteiger partial charge >= 0.3 is 0 Å². The quantitative estimate of drug-likeness (QED) is 0.384. The Morgan fingerprint density at radius 1 is 0.939 bits per heavy atom. The number of amides is 2. The Morgan fingerprint density at radius 2 is 1.61 bits per heavy atom. The van der Waals surface area contributed by atoms with E-state index in [1.165, 1.54) is 0 Å². The number of anilines is 1. The van der Waals surface area contributed by atoms with Gasteiger partial charge in [0, 0.05) is 16.6 Å². The third kappa shape index (κ3) is 6.05. The van der Waals surface area contributed by atoms with Gasteiger partial charge in [-0.1, -0.05) is 48.5 Å². The number of carbonyl (C=O) groups is 2. The van der Waals surface area contributed by atoms with Crippen LogP contribution in [0, 0.1) is 6.92 Å². The lowest BCUT2D eigenvalue weighted by molar-refractivity contribution is -0.118. The zero-order valence-corrected chi connectivity index (χ0v) is 18.8. The molecule has 1 atom stereocenters. The number of nitrogens with one attached hydrogen (secondary N) is 2. The van der Waals surface area contributed by atoms with E-state index in [0.717, 1.165) is 10.7 Å². The van der Waals surface area contributed by atoms with Gasteiger partial charge in [-0.15, -0.1) is 11.3 Å². The van der Waals surface area contributed by atoms with Crippen molar-refractivity contribution >= 4 is 28.8 Å². The van der Waals surface area contributed by atoms with E-state index < -0.39 is 6.04 Å². The highest BCUT2D eigenvalue weighted by molar-refractivity contribution is 7.09. The molecule has 0 fully saturated rings. The van der Waals surface area contributed by atoms with Crippen LogP contribution in [0.4, 0.5) is 5.69 Å². The van der Waals surface area contributed by atoms with Crippen molar-refractivity contribution in [2.75, 3.05) is 5.32 Å². The summed E-state index contributed by atoms with van der Waals surface area (Å²) in [5.74, 6) is -0.0355. The average Bonchev–Trinajstić information content (AvgIpc) is 3.27. The third-order valence-electron chi connectivity index (χ3n) is 4.88. The van der Waals surface area contributed by atoms with Gasteiger partial charge in [-0.05, 0) is 48.9 Å². The molecular formula is C26H23N3O3S. The lowest BCUT2D eigenvalue weighted by Gasteiger charge is -2.19. The van der Waals surface area contributed by atoms with Crippen molar-refractivity contribution in [2.45, 2.75) is 19.6 Å². The molecule has 7 heteroatoms. The first-order valence-electron chi connectivity index (χ1n) is 10.4. The maximum absolute atomic E-state index is 13.0. The summed E-state index contributed by atoms with van der Waals surface area (Å²) >= 11 is 1.58. The second-order valence-corrected chi connectivity index (χ2v) is 8.41. The van der Waals surface area contributed by atoms with Crippen LogP contribution in [-0.2, 0) is 11.4 Å². The standard InChI is InChI=1S/C26H23N3O3S/c1-18-27-22(17-33-18)16-32-23-14-12-20(13-15-23)25(30)29-24(19-8-4-2-5-9-19)26(31)28-21-10-6-3-7-11-21/h2-15,17,24H,16H2,1H3,(H,28,31)(H,29,30). The molecule has 6 nitrogen and oxygen atoms in total. The van der Waals surface area contributed by atoms with Gasteiger partial charge in [0.05, 0.1) is 10.7 Å². The Morgan fingerprint density at radius 3 is 2.24 bits per heavy atom.